The van der Waals surface area contributed by atoms with Crippen molar-refractivity contribution < 1.29 is 23.5 Å². The number of amides is 2. The van der Waals surface area contributed by atoms with E-state index in [0.717, 1.165) is 11.1 Å². The number of ether oxygens (including phenoxy) is 2. The third kappa shape index (κ3) is 4.82. The maximum Gasteiger partial charge on any atom is 0.258 e. The molecule has 2 amide bonds. The van der Waals surface area contributed by atoms with E-state index in [4.69, 9.17) is 9.47 Å². The summed E-state index contributed by atoms with van der Waals surface area (Å²) >= 11 is 0. The van der Waals surface area contributed by atoms with Crippen molar-refractivity contribution in [2.75, 3.05) is 25.1 Å². The number of hydrogen-bond donors (Lipinski definition) is 1. The number of carbonyl (C=O) groups is 2. The first kappa shape index (κ1) is 22.3. The number of nitrogens with one attached hydrogen (secondary N) is 1. The van der Waals surface area contributed by atoms with Gasteiger partial charge in [-0.15, -0.1) is 0 Å². The van der Waals surface area contributed by atoms with Gasteiger partial charge in [0.2, 0.25) is 0 Å². The van der Waals surface area contributed by atoms with Crippen LogP contribution in [0.3, 0.4) is 0 Å². The number of anilines is 1. The van der Waals surface area contributed by atoms with E-state index in [1.807, 2.05) is 32.0 Å². The molecule has 170 valence electrons. The van der Waals surface area contributed by atoms with E-state index in [1.165, 1.54) is 18.2 Å². The number of hydrogen-bond acceptors (Lipinski definition) is 4. The standard InChI is InChI=1S/C26H25FN2O4/c1-3-29(16-19-7-6-10-23-24(19)33-14-13-32-23)26(31)18-12-11-17(2)22(15-18)28-25(30)20-8-4-5-9-21(20)27/h4-12,15H,3,13-14,16H2,1-2H3,(H,28,30). The Labute approximate surface area is 191 Å². The fourth-order valence-electron chi connectivity index (χ4n) is 3.70. The molecule has 1 aliphatic rings. The Balaban J connectivity index is 1.55. The first-order chi connectivity index (χ1) is 16.0. The SMILES string of the molecule is CCN(Cc1cccc2c1OCCO2)C(=O)c1ccc(C)c(NC(=O)c2ccccc2F)c1. The van der Waals surface area contributed by atoms with Crippen molar-refractivity contribution in [3.8, 4) is 11.5 Å². The number of nitrogens with zero attached hydrogens (tertiary/aromatic N) is 1. The molecule has 6 nitrogen and oxygen atoms in total. The molecule has 33 heavy (non-hydrogen) atoms. The van der Waals surface area contributed by atoms with Crippen LogP contribution in [0, 0.1) is 12.7 Å². The number of para-hydroxylation sites is 1. The van der Waals surface area contributed by atoms with Crippen LogP contribution in [0.1, 0.15) is 38.8 Å². The third-order valence-corrected chi connectivity index (χ3v) is 5.53. The fraction of sp³-hybridized carbons (Fsp3) is 0.231. The van der Waals surface area contributed by atoms with Crippen LogP contribution < -0.4 is 14.8 Å². The molecule has 3 aromatic rings. The Morgan fingerprint density at radius 2 is 1.82 bits per heavy atom. The molecule has 0 saturated carbocycles. The second-order valence-corrected chi connectivity index (χ2v) is 7.72. The van der Waals surface area contributed by atoms with Crippen molar-refractivity contribution in [3.05, 3.63) is 88.7 Å². The van der Waals surface area contributed by atoms with Gasteiger partial charge in [-0.3, -0.25) is 9.59 Å². The minimum Gasteiger partial charge on any atom is -0.486 e. The molecule has 0 bridgehead atoms. The molecular weight excluding hydrogens is 423 g/mol. The lowest BCUT2D eigenvalue weighted by molar-refractivity contribution is 0.0748. The number of aryl methyl sites for hydroxylation is 1. The molecule has 0 aliphatic carbocycles. The average molecular weight is 448 g/mol. The van der Waals surface area contributed by atoms with Crippen molar-refractivity contribution in [1.29, 1.82) is 0 Å². The van der Waals surface area contributed by atoms with Gasteiger partial charge in [0.05, 0.1) is 5.56 Å². The second-order valence-electron chi connectivity index (χ2n) is 7.72. The molecule has 0 aromatic heterocycles. The summed E-state index contributed by atoms with van der Waals surface area (Å²) in [6.07, 6.45) is 0. The van der Waals surface area contributed by atoms with E-state index < -0.39 is 11.7 Å². The van der Waals surface area contributed by atoms with Crippen LogP contribution in [-0.2, 0) is 6.54 Å². The van der Waals surface area contributed by atoms with Crippen LogP contribution in [0.2, 0.25) is 0 Å². The summed E-state index contributed by atoms with van der Waals surface area (Å²) in [4.78, 5) is 27.6. The molecule has 0 radical (unpaired) electrons. The lowest BCUT2D eigenvalue weighted by Gasteiger charge is -2.25. The number of fused-ring (bicyclic) bond motifs is 1. The van der Waals surface area contributed by atoms with Gasteiger partial charge < -0.3 is 19.7 Å². The van der Waals surface area contributed by atoms with E-state index >= 15 is 0 Å². The van der Waals surface area contributed by atoms with Gasteiger partial charge in [-0.05, 0) is 49.7 Å². The quantitative estimate of drug-likeness (QED) is 0.587. The van der Waals surface area contributed by atoms with Gasteiger partial charge in [-0.2, -0.15) is 0 Å². The molecule has 0 unspecified atom stereocenters. The lowest BCUT2D eigenvalue weighted by Crippen LogP contribution is -2.31. The lowest BCUT2D eigenvalue weighted by atomic mass is 10.1. The van der Waals surface area contributed by atoms with Gasteiger partial charge >= 0.3 is 0 Å². The van der Waals surface area contributed by atoms with Gasteiger partial charge in [0.15, 0.2) is 11.5 Å². The maximum atomic E-state index is 14.0. The molecule has 0 spiro atoms. The van der Waals surface area contributed by atoms with Crippen LogP contribution in [0.5, 0.6) is 11.5 Å². The molecule has 0 atom stereocenters. The van der Waals surface area contributed by atoms with E-state index in [9.17, 15) is 14.0 Å². The summed E-state index contributed by atoms with van der Waals surface area (Å²) in [5.41, 5.74) is 2.46. The maximum absolute atomic E-state index is 14.0. The Morgan fingerprint density at radius 1 is 1.03 bits per heavy atom. The predicted molar refractivity (Wildman–Crippen MR) is 123 cm³/mol. The Kier molecular flexibility index (Phi) is 6.58. The number of benzene rings is 3. The first-order valence-electron chi connectivity index (χ1n) is 10.8. The molecule has 0 fully saturated rings. The topological polar surface area (TPSA) is 67.9 Å². The zero-order valence-corrected chi connectivity index (χ0v) is 18.6. The van der Waals surface area contributed by atoms with Gasteiger partial charge in [-0.1, -0.05) is 30.3 Å². The number of rotatable bonds is 6. The summed E-state index contributed by atoms with van der Waals surface area (Å²) in [6.45, 7) is 5.52. The summed E-state index contributed by atoms with van der Waals surface area (Å²) in [5, 5.41) is 2.72. The number of halogens is 1. The van der Waals surface area contributed by atoms with Crippen molar-refractivity contribution in [3.63, 3.8) is 0 Å². The van der Waals surface area contributed by atoms with E-state index in [2.05, 4.69) is 5.32 Å². The molecule has 1 heterocycles. The molecule has 4 rings (SSSR count). The summed E-state index contributed by atoms with van der Waals surface area (Å²) in [6, 6.07) is 16.5. The van der Waals surface area contributed by atoms with Crippen molar-refractivity contribution in [2.24, 2.45) is 0 Å². The Morgan fingerprint density at radius 3 is 2.61 bits per heavy atom. The second kappa shape index (κ2) is 9.73. The molecule has 1 N–H and O–H groups in total. The molecule has 7 heteroatoms. The highest BCUT2D eigenvalue weighted by atomic mass is 19.1. The summed E-state index contributed by atoms with van der Waals surface area (Å²) in [7, 11) is 0. The zero-order valence-electron chi connectivity index (χ0n) is 18.6. The van der Waals surface area contributed by atoms with E-state index in [-0.39, 0.29) is 11.5 Å². The van der Waals surface area contributed by atoms with Gasteiger partial charge in [0, 0.05) is 29.9 Å². The molecule has 1 aliphatic heterocycles. The minimum atomic E-state index is -0.602. The summed E-state index contributed by atoms with van der Waals surface area (Å²) in [5.74, 6) is -0.0173. The van der Waals surface area contributed by atoms with Crippen molar-refractivity contribution in [1.82, 2.24) is 4.90 Å². The first-order valence-corrected chi connectivity index (χ1v) is 10.8. The zero-order chi connectivity index (χ0) is 23.4. The Bertz CT molecular complexity index is 1190. The predicted octanol–water partition coefficient (Wildman–Crippen LogP) is 4.82. The van der Waals surface area contributed by atoms with Crippen LogP contribution in [0.4, 0.5) is 10.1 Å². The highest BCUT2D eigenvalue weighted by molar-refractivity contribution is 6.05. The smallest absolute Gasteiger partial charge is 0.258 e. The minimum absolute atomic E-state index is 0.0557. The highest BCUT2D eigenvalue weighted by Crippen LogP contribution is 2.34. The van der Waals surface area contributed by atoms with Crippen LogP contribution in [0.15, 0.2) is 60.7 Å². The monoisotopic (exact) mass is 448 g/mol. The van der Waals surface area contributed by atoms with E-state index in [0.29, 0.717) is 49.1 Å². The fourth-order valence-corrected chi connectivity index (χ4v) is 3.70. The van der Waals surface area contributed by atoms with Crippen molar-refractivity contribution in [2.45, 2.75) is 20.4 Å². The van der Waals surface area contributed by atoms with E-state index in [1.54, 1.807) is 29.2 Å². The largest absolute Gasteiger partial charge is 0.486 e. The molecule has 3 aromatic carbocycles. The number of carbonyl (C=O) groups excluding carboxylic acids is 2. The van der Waals surface area contributed by atoms with Gasteiger partial charge in [0.1, 0.15) is 19.0 Å². The highest BCUT2D eigenvalue weighted by Gasteiger charge is 2.21. The van der Waals surface area contributed by atoms with Crippen LogP contribution in [0.25, 0.3) is 0 Å². The normalized spacial score (nSPS) is 12.2. The molecule has 0 saturated heterocycles. The Hall–Kier alpha value is -3.87. The van der Waals surface area contributed by atoms with Crippen molar-refractivity contribution >= 4 is 17.5 Å². The van der Waals surface area contributed by atoms with Gasteiger partial charge in [0.25, 0.3) is 11.8 Å². The van der Waals surface area contributed by atoms with Crippen LogP contribution in [-0.4, -0.2) is 36.5 Å². The summed E-state index contributed by atoms with van der Waals surface area (Å²) < 4.78 is 25.4. The average Bonchev–Trinajstić information content (AvgIpc) is 2.83. The third-order valence-electron chi connectivity index (χ3n) is 5.53. The van der Waals surface area contributed by atoms with Crippen LogP contribution >= 0.6 is 0 Å². The molecular formula is C26H25FN2O4. The van der Waals surface area contributed by atoms with Gasteiger partial charge in [-0.25, -0.2) is 4.39 Å².